The zero-order valence-electron chi connectivity index (χ0n) is 11.5. The quantitative estimate of drug-likeness (QED) is 0.618. The Bertz CT molecular complexity index is 602. The minimum atomic E-state index is -0.426. The first kappa shape index (κ1) is 13.7. The Balaban J connectivity index is 2.25. The molecule has 1 aliphatic carbocycles. The summed E-state index contributed by atoms with van der Waals surface area (Å²) in [6.45, 7) is 4.47. The maximum atomic E-state index is 10.8. The lowest BCUT2D eigenvalue weighted by atomic mass is 9.69. The second-order valence-electron chi connectivity index (χ2n) is 5.63. The van der Waals surface area contributed by atoms with E-state index in [0.717, 1.165) is 46.4 Å². The van der Waals surface area contributed by atoms with E-state index in [4.69, 9.17) is 9.47 Å². The summed E-state index contributed by atoms with van der Waals surface area (Å²) >= 11 is 3.53. The van der Waals surface area contributed by atoms with E-state index in [1.165, 1.54) is 0 Å². The summed E-state index contributed by atoms with van der Waals surface area (Å²) in [5, 5.41) is 0. The first-order valence-corrected chi connectivity index (χ1v) is 7.60. The molecule has 1 aromatic carbocycles. The molecule has 1 heterocycles. The van der Waals surface area contributed by atoms with Gasteiger partial charge in [-0.25, -0.2) is 4.79 Å². The normalized spacial score (nSPS) is 18.6. The van der Waals surface area contributed by atoms with Crippen LogP contribution in [0.3, 0.4) is 0 Å². The van der Waals surface area contributed by atoms with Crippen LogP contribution in [-0.2, 0) is 10.3 Å². The zero-order valence-corrected chi connectivity index (χ0v) is 13.1. The first-order chi connectivity index (χ1) is 9.59. The Kier molecular flexibility index (Phi) is 3.35. The second kappa shape index (κ2) is 4.90. The number of aliphatic imine (C=N–C) groups is 1. The fourth-order valence-electron chi connectivity index (χ4n) is 3.05. The molecule has 0 saturated heterocycles. The lowest BCUT2D eigenvalue weighted by Gasteiger charge is -2.39. The number of halogens is 1. The number of rotatable bonds is 3. The highest BCUT2D eigenvalue weighted by Gasteiger charge is 2.43. The molecule has 0 spiro atoms. The summed E-state index contributed by atoms with van der Waals surface area (Å²) in [7, 11) is 0. The average Bonchev–Trinajstić information content (AvgIpc) is 2.82. The summed E-state index contributed by atoms with van der Waals surface area (Å²) in [6, 6.07) is 2.03. The maximum Gasteiger partial charge on any atom is 0.235 e. The van der Waals surface area contributed by atoms with Gasteiger partial charge in [-0.3, -0.25) is 0 Å². The Hall–Kier alpha value is -1.32. The Morgan fingerprint density at radius 1 is 1.35 bits per heavy atom. The smallest absolute Gasteiger partial charge is 0.235 e. The van der Waals surface area contributed by atoms with Crippen LogP contribution in [0.5, 0.6) is 11.5 Å². The Morgan fingerprint density at radius 2 is 2.05 bits per heavy atom. The van der Waals surface area contributed by atoms with Crippen molar-refractivity contribution >= 4 is 22.0 Å². The molecule has 2 aliphatic rings. The largest absolute Gasteiger partial charge is 0.453 e. The summed E-state index contributed by atoms with van der Waals surface area (Å²) in [5.41, 5.74) is 1.74. The fourth-order valence-corrected chi connectivity index (χ4v) is 3.57. The first-order valence-electron chi connectivity index (χ1n) is 6.80. The predicted molar refractivity (Wildman–Crippen MR) is 78.0 cm³/mol. The number of hydrogen-bond acceptors (Lipinski definition) is 4. The molecule has 3 rings (SSSR count). The van der Waals surface area contributed by atoms with Crippen LogP contribution >= 0.6 is 15.9 Å². The second-order valence-corrected chi connectivity index (χ2v) is 6.48. The van der Waals surface area contributed by atoms with E-state index < -0.39 is 5.54 Å². The van der Waals surface area contributed by atoms with Gasteiger partial charge in [-0.1, -0.05) is 13.8 Å². The molecule has 4 nitrogen and oxygen atoms in total. The molecule has 1 fully saturated rings. The molecule has 106 valence electrons. The molecule has 0 atom stereocenters. The van der Waals surface area contributed by atoms with Gasteiger partial charge in [-0.05, 0) is 52.7 Å². The van der Waals surface area contributed by atoms with Crippen molar-refractivity contribution in [2.45, 2.75) is 44.6 Å². The lowest BCUT2D eigenvalue weighted by Crippen LogP contribution is -2.33. The van der Waals surface area contributed by atoms with Crippen molar-refractivity contribution in [3.8, 4) is 11.5 Å². The van der Waals surface area contributed by atoms with Gasteiger partial charge >= 0.3 is 0 Å². The summed E-state index contributed by atoms with van der Waals surface area (Å²) < 4.78 is 12.0. The Morgan fingerprint density at radius 3 is 2.60 bits per heavy atom. The molecule has 0 radical (unpaired) electrons. The van der Waals surface area contributed by atoms with Crippen LogP contribution < -0.4 is 9.47 Å². The van der Waals surface area contributed by atoms with E-state index in [2.05, 4.69) is 34.8 Å². The predicted octanol–water partition coefficient (Wildman–Crippen LogP) is 4.02. The van der Waals surface area contributed by atoms with Crippen molar-refractivity contribution in [3.63, 3.8) is 0 Å². The minimum Gasteiger partial charge on any atom is -0.453 e. The van der Waals surface area contributed by atoms with Crippen LogP contribution in [-0.4, -0.2) is 12.9 Å². The van der Waals surface area contributed by atoms with Crippen LogP contribution in [0.25, 0.3) is 0 Å². The molecular formula is C15H16BrNO3. The van der Waals surface area contributed by atoms with Gasteiger partial charge in [0.25, 0.3) is 0 Å². The van der Waals surface area contributed by atoms with Gasteiger partial charge in [-0.15, -0.1) is 0 Å². The zero-order chi connectivity index (χ0) is 14.3. The van der Waals surface area contributed by atoms with E-state index in [1.54, 1.807) is 6.08 Å². The van der Waals surface area contributed by atoms with Gasteiger partial charge in [0.15, 0.2) is 11.5 Å². The van der Waals surface area contributed by atoms with Gasteiger partial charge in [0, 0.05) is 5.56 Å². The topological polar surface area (TPSA) is 47.9 Å². The number of ether oxygens (including phenoxy) is 2. The van der Waals surface area contributed by atoms with Crippen molar-refractivity contribution in [2.24, 2.45) is 4.99 Å². The molecule has 1 aliphatic heterocycles. The molecule has 1 saturated carbocycles. The molecule has 0 unspecified atom stereocenters. The van der Waals surface area contributed by atoms with Gasteiger partial charge in [0.2, 0.25) is 12.9 Å². The summed E-state index contributed by atoms with van der Waals surface area (Å²) in [4.78, 5) is 14.9. The third kappa shape index (κ3) is 1.88. The molecule has 0 aromatic heterocycles. The van der Waals surface area contributed by atoms with Crippen LogP contribution in [0.2, 0.25) is 0 Å². The fraction of sp³-hybridized carbons (Fsp3) is 0.533. The lowest BCUT2D eigenvalue weighted by molar-refractivity contribution is 0.172. The standard InChI is InChI=1S/C15H16BrNO3/c1-9(2)12-10(15(17-7-18)4-3-5-15)6-11(16)13-14(12)20-8-19-13/h6,9H,3-5,8H2,1-2H3. The van der Waals surface area contributed by atoms with E-state index >= 15 is 0 Å². The highest BCUT2D eigenvalue weighted by Crippen LogP contribution is 2.54. The van der Waals surface area contributed by atoms with Crippen molar-refractivity contribution in [3.05, 3.63) is 21.7 Å². The van der Waals surface area contributed by atoms with Crippen LogP contribution in [0.1, 0.15) is 50.2 Å². The monoisotopic (exact) mass is 337 g/mol. The van der Waals surface area contributed by atoms with E-state index in [1.807, 2.05) is 6.07 Å². The molecule has 0 bridgehead atoms. The summed E-state index contributed by atoms with van der Waals surface area (Å²) in [5.74, 6) is 1.81. The molecule has 5 heteroatoms. The third-order valence-corrected chi connectivity index (χ3v) is 4.74. The number of carbonyl (C=O) groups excluding carboxylic acids is 1. The molecule has 0 amide bonds. The third-order valence-electron chi connectivity index (χ3n) is 4.15. The van der Waals surface area contributed by atoms with Crippen LogP contribution in [0.15, 0.2) is 15.5 Å². The van der Waals surface area contributed by atoms with Crippen molar-refractivity contribution in [2.75, 3.05) is 6.79 Å². The molecule has 0 N–H and O–H groups in total. The number of isocyanates is 1. The summed E-state index contributed by atoms with van der Waals surface area (Å²) in [6.07, 6.45) is 4.59. The molecule has 20 heavy (non-hydrogen) atoms. The average molecular weight is 338 g/mol. The van der Waals surface area contributed by atoms with Gasteiger partial charge in [-0.2, -0.15) is 4.99 Å². The van der Waals surface area contributed by atoms with Crippen molar-refractivity contribution in [1.82, 2.24) is 0 Å². The van der Waals surface area contributed by atoms with E-state index in [9.17, 15) is 4.79 Å². The molecule has 1 aromatic rings. The number of benzene rings is 1. The molecular weight excluding hydrogens is 322 g/mol. The Labute approximate surface area is 126 Å². The van der Waals surface area contributed by atoms with E-state index in [0.29, 0.717) is 0 Å². The highest BCUT2D eigenvalue weighted by atomic mass is 79.9. The minimum absolute atomic E-state index is 0.237. The maximum absolute atomic E-state index is 10.8. The van der Waals surface area contributed by atoms with Gasteiger partial charge in [0.1, 0.15) is 0 Å². The van der Waals surface area contributed by atoms with Crippen molar-refractivity contribution < 1.29 is 14.3 Å². The number of fused-ring (bicyclic) bond motifs is 1. The van der Waals surface area contributed by atoms with Gasteiger partial charge < -0.3 is 9.47 Å². The van der Waals surface area contributed by atoms with Crippen molar-refractivity contribution in [1.29, 1.82) is 0 Å². The highest BCUT2D eigenvalue weighted by molar-refractivity contribution is 9.10. The van der Waals surface area contributed by atoms with Crippen LogP contribution in [0, 0.1) is 0 Å². The van der Waals surface area contributed by atoms with E-state index in [-0.39, 0.29) is 12.7 Å². The SMILES string of the molecule is CC(C)c1c(C2(N=C=O)CCC2)cc(Br)c2c1OCO2. The van der Waals surface area contributed by atoms with Crippen LogP contribution in [0.4, 0.5) is 0 Å². The number of hydrogen-bond donors (Lipinski definition) is 0. The van der Waals surface area contributed by atoms with Gasteiger partial charge in [0.05, 0.1) is 10.0 Å². The number of nitrogens with zero attached hydrogens (tertiary/aromatic N) is 1.